The molecular formula is C12H19BrN2O3S. The normalized spacial score (nSPS) is 26.8. The Balaban J connectivity index is 2.57. The summed E-state index contributed by atoms with van der Waals surface area (Å²) in [5.41, 5.74) is -0.286. The van der Waals surface area contributed by atoms with E-state index in [-0.39, 0.29) is 22.5 Å². The summed E-state index contributed by atoms with van der Waals surface area (Å²) in [5, 5.41) is 3.10. The van der Waals surface area contributed by atoms with E-state index >= 15 is 0 Å². The largest absolute Gasteiger partial charge is 0.297 e. The molecule has 1 atom stereocenters. The molecule has 0 amide bonds. The summed E-state index contributed by atoms with van der Waals surface area (Å²) in [6.07, 6.45) is 0.464. The molecule has 1 aromatic heterocycles. The van der Waals surface area contributed by atoms with Gasteiger partial charge in [-0.3, -0.25) is 9.89 Å². The van der Waals surface area contributed by atoms with E-state index < -0.39 is 15.4 Å². The fraction of sp³-hybridized carbons (Fsp3) is 0.750. The second-order valence-electron chi connectivity index (χ2n) is 6.53. The number of hydrogen-bond donors (Lipinski definition) is 1. The lowest BCUT2D eigenvalue weighted by atomic mass is 9.93. The van der Waals surface area contributed by atoms with Crippen molar-refractivity contribution < 1.29 is 8.42 Å². The van der Waals surface area contributed by atoms with Crippen LogP contribution in [0, 0.1) is 0 Å². The number of aromatic amines is 1. The van der Waals surface area contributed by atoms with E-state index in [9.17, 15) is 13.2 Å². The Bertz CT molecular complexity index is 666. The highest BCUT2D eigenvalue weighted by molar-refractivity contribution is 9.10. The quantitative estimate of drug-likeness (QED) is 0.838. The van der Waals surface area contributed by atoms with E-state index in [1.807, 2.05) is 27.7 Å². The van der Waals surface area contributed by atoms with Gasteiger partial charge in [0.05, 0.1) is 22.7 Å². The minimum Gasteiger partial charge on any atom is -0.297 e. The zero-order valence-electron chi connectivity index (χ0n) is 11.6. The van der Waals surface area contributed by atoms with Crippen molar-refractivity contribution in [3.63, 3.8) is 0 Å². The van der Waals surface area contributed by atoms with E-state index in [0.29, 0.717) is 10.9 Å². The second kappa shape index (κ2) is 4.22. The van der Waals surface area contributed by atoms with Gasteiger partial charge < -0.3 is 0 Å². The lowest BCUT2D eigenvalue weighted by molar-refractivity contribution is 0.314. The zero-order chi connectivity index (χ0) is 14.6. The molecule has 19 heavy (non-hydrogen) atoms. The first-order chi connectivity index (χ1) is 8.46. The minimum absolute atomic E-state index is 0.0104. The molecule has 0 saturated carbocycles. The molecule has 0 radical (unpaired) electrons. The Kier molecular flexibility index (Phi) is 3.29. The van der Waals surface area contributed by atoms with Gasteiger partial charge in [0.25, 0.3) is 5.56 Å². The van der Waals surface area contributed by atoms with Crippen LogP contribution in [0.2, 0.25) is 0 Å². The topological polar surface area (TPSA) is 71.9 Å². The van der Waals surface area contributed by atoms with Gasteiger partial charge >= 0.3 is 0 Å². The molecule has 108 valence electrons. The van der Waals surface area contributed by atoms with Crippen molar-refractivity contribution in [2.24, 2.45) is 0 Å². The molecule has 1 saturated heterocycles. The first-order valence-electron chi connectivity index (χ1n) is 6.18. The summed E-state index contributed by atoms with van der Waals surface area (Å²) in [6.45, 7) is 7.82. The maximum atomic E-state index is 12.3. The molecule has 0 spiro atoms. The lowest BCUT2D eigenvalue weighted by Crippen LogP contribution is -2.39. The third-order valence-electron chi connectivity index (χ3n) is 3.61. The van der Waals surface area contributed by atoms with E-state index in [1.165, 1.54) is 4.68 Å². The predicted octanol–water partition coefficient (Wildman–Crippen LogP) is 1.77. The van der Waals surface area contributed by atoms with Gasteiger partial charge in [-0.1, -0.05) is 20.8 Å². The monoisotopic (exact) mass is 350 g/mol. The molecule has 0 aliphatic carbocycles. The molecule has 1 N–H and O–H groups in total. The summed E-state index contributed by atoms with van der Waals surface area (Å²) in [7, 11) is -3.05. The Morgan fingerprint density at radius 3 is 2.32 bits per heavy atom. The molecule has 1 aliphatic heterocycles. The molecule has 0 aromatic carbocycles. The van der Waals surface area contributed by atoms with Gasteiger partial charge in [-0.2, -0.15) is 0 Å². The highest BCUT2D eigenvalue weighted by Crippen LogP contribution is 2.32. The molecule has 0 bridgehead atoms. The lowest BCUT2D eigenvalue weighted by Gasteiger charge is -2.24. The number of aromatic nitrogens is 2. The van der Waals surface area contributed by atoms with Crippen molar-refractivity contribution in [3.8, 4) is 0 Å². The van der Waals surface area contributed by atoms with Gasteiger partial charge in [0.15, 0.2) is 9.84 Å². The molecule has 5 nitrogen and oxygen atoms in total. The number of rotatable bonds is 1. The summed E-state index contributed by atoms with van der Waals surface area (Å²) in [6, 6.07) is 0. The molecule has 1 aliphatic rings. The molecule has 2 rings (SSSR count). The van der Waals surface area contributed by atoms with Crippen LogP contribution in [-0.4, -0.2) is 29.7 Å². The minimum atomic E-state index is -3.05. The molecule has 1 fully saturated rings. The van der Waals surface area contributed by atoms with Gasteiger partial charge in [0.2, 0.25) is 0 Å². The Morgan fingerprint density at radius 2 is 1.95 bits per heavy atom. The van der Waals surface area contributed by atoms with Crippen LogP contribution in [0.1, 0.15) is 39.8 Å². The number of halogens is 1. The number of nitrogens with zero attached hydrogens (tertiary/aromatic N) is 1. The van der Waals surface area contributed by atoms with E-state index in [0.717, 1.165) is 5.69 Å². The highest BCUT2D eigenvalue weighted by Gasteiger charge is 2.42. The maximum absolute atomic E-state index is 12.3. The average Bonchev–Trinajstić information content (AvgIpc) is 2.67. The van der Waals surface area contributed by atoms with Gasteiger partial charge in [0.1, 0.15) is 4.47 Å². The predicted molar refractivity (Wildman–Crippen MR) is 78.4 cm³/mol. The van der Waals surface area contributed by atoms with Gasteiger partial charge in [-0.25, -0.2) is 13.1 Å². The summed E-state index contributed by atoms with van der Waals surface area (Å²) in [4.78, 5) is 12.3. The number of nitrogens with one attached hydrogen (secondary N) is 1. The maximum Gasteiger partial charge on any atom is 0.281 e. The zero-order valence-corrected chi connectivity index (χ0v) is 14.0. The standard InChI is InChI=1S/C12H19BrN2O3S/c1-11(2,3)9-8(13)10(16)15(14-9)12(4)5-6-19(17,18)7-12/h14H,5-7H2,1-4H3. The van der Waals surface area contributed by atoms with Gasteiger partial charge in [-0.15, -0.1) is 0 Å². The van der Waals surface area contributed by atoms with Crippen molar-refractivity contribution >= 4 is 25.8 Å². The van der Waals surface area contributed by atoms with Crippen LogP contribution >= 0.6 is 15.9 Å². The van der Waals surface area contributed by atoms with Crippen molar-refractivity contribution in [2.75, 3.05) is 11.5 Å². The SMILES string of the molecule is CC(C)(C)c1[nH]n(C2(C)CCS(=O)(=O)C2)c(=O)c1Br. The Morgan fingerprint density at radius 1 is 1.37 bits per heavy atom. The molecule has 1 aromatic rings. The molecule has 2 heterocycles. The summed E-state index contributed by atoms with van der Waals surface area (Å²) >= 11 is 3.32. The van der Waals surface area contributed by atoms with Gasteiger partial charge in [-0.05, 0) is 29.3 Å². The fourth-order valence-corrected chi connectivity index (χ4v) is 5.44. The molecule has 1 unspecified atom stereocenters. The van der Waals surface area contributed by atoms with E-state index in [1.54, 1.807) is 0 Å². The van der Waals surface area contributed by atoms with Crippen LogP contribution in [0.4, 0.5) is 0 Å². The van der Waals surface area contributed by atoms with Crippen LogP contribution in [0.3, 0.4) is 0 Å². The number of hydrogen-bond acceptors (Lipinski definition) is 3. The van der Waals surface area contributed by atoms with Crippen LogP contribution < -0.4 is 5.56 Å². The molecule has 7 heteroatoms. The Hall–Kier alpha value is -0.560. The van der Waals surface area contributed by atoms with Gasteiger partial charge in [0, 0.05) is 5.41 Å². The number of H-pyrrole nitrogens is 1. The second-order valence-corrected chi connectivity index (χ2v) is 9.51. The van der Waals surface area contributed by atoms with Crippen molar-refractivity contribution in [1.29, 1.82) is 0 Å². The van der Waals surface area contributed by atoms with Crippen LogP contribution in [-0.2, 0) is 20.8 Å². The van der Waals surface area contributed by atoms with E-state index in [4.69, 9.17) is 0 Å². The van der Waals surface area contributed by atoms with Crippen LogP contribution in [0.5, 0.6) is 0 Å². The van der Waals surface area contributed by atoms with Crippen LogP contribution in [0.25, 0.3) is 0 Å². The smallest absolute Gasteiger partial charge is 0.281 e. The van der Waals surface area contributed by atoms with Crippen molar-refractivity contribution in [3.05, 3.63) is 20.5 Å². The van der Waals surface area contributed by atoms with Crippen molar-refractivity contribution in [2.45, 2.75) is 45.1 Å². The highest BCUT2D eigenvalue weighted by atomic mass is 79.9. The third kappa shape index (κ3) is 2.54. The van der Waals surface area contributed by atoms with Crippen molar-refractivity contribution in [1.82, 2.24) is 9.78 Å². The van der Waals surface area contributed by atoms with E-state index in [2.05, 4.69) is 21.0 Å². The summed E-state index contributed by atoms with van der Waals surface area (Å²) < 4.78 is 25.3. The fourth-order valence-electron chi connectivity index (χ4n) is 2.46. The first-order valence-corrected chi connectivity index (χ1v) is 8.80. The first kappa shape index (κ1) is 14.8. The molecular weight excluding hydrogens is 332 g/mol. The Labute approximate surface area is 121 Å². The van der Waals surface area contributed by atoms with Crippen LogP contribution in [0.15, 0.2) is 9.27 Å². The average molecular weight is 351 g/mol. The third-order valence-corrected chi connectivity index (χ3v) is 6.23. The summed E-state index contributed by atoms with van der Waals surface area (Å²) in [5.74, 6) is 0.147. The number of sulfone groups is 1.